The maximum Gasteiger partial charge on any atom is 0.258 e. The van der Waals surface area contributed by atoms with Crippen LogP contribution in [0.3, 0.4) is 0 Å². The highest BCUT2D eigenvalue weighted by molar-refractivity contribution is 7.15. The maximum atomic E-state index is 12.5. The van der Waals surface area contributed by atoms with E-state index in [0.29, 0.717) is 31.7 Å². The highest BCUT2D eigenvalue weighted by Gasteiger charge is 2.16. The summed E-state index contributed by atoms with van der Waals surface area (Å²) in [4.78, 5) is 21.6. The third-order valence-corrected chi connectivity index (χ3v) is 5.47. The first-order chi connectivity index (χ1) is 13.6. The van der Waals surface area contributed by atoms with Gasteiger partial charge in [0.2, 0.25) is 4.96 Å². The Morgan fingerprint density at radius 2 is 2.07 bits per heavy atom. The van der Waals surface area contributed by atoms with Gasteiger partial charge in [-0.3, -0.25) is 10.1 Å². The van der Waals surface area contributed by atoms with Gasteiger partial charge in [0.15, 0.2) is 12.0 Å². The lowest BCUT2D eigenvalue weighted by Gasteiger charge is -2.03. The average Bonchev–Trinajstić information content (AvgIpc) is 3.37. The van der Waals surface area contributed by atoms with Crippen LogP contribution in [0.1, 0.15) is 10.4 Å². The summed E-state index contributed by atoms with van der Waals surface area (Å²) < 4.78 is 6.82. The molecule has 5 rings (SSSR count). The molecular formula is C18H9Cl2N5O2S. The predicted octanol–water partition coefficient (Wildman–Crippen LogP) is 5.16. The molecule has 3 aromatic heterocycles. The molecule has 0 radical (unpaired) electrons. The van der Waals surface area contributed by atoms with E-state index in [9.17, 15) is 4.79 Å². The number of fused-ring (bicyclic) bond motifs is 2. The van der Waals surface area contributed by atoms with Gasteiger partial charge >= 0.3 is 0 Å². The fourth-order valence-electron chi connectivity index (χ4n) is 2.79. The van der Waals surface area contributed by atoms with Crippen molar-refractivity contribution in [2.75, 3.05) is 5.32 Å². The normalized spacial score (nSPS) is 11.4. The summed E-state index contributed by atoms with van der Waals surface area (Å²) in [6.45, 7) is 0. The minimum absolute atomic E-state index is 0.198. The molecule has 0 spiro atoms. The lowest BCUT2D eigenvalue weighted by atomic mass is 10.2. The van der Waals surface area contributed by atoms with Crippen molar-refractivity contribution in [3.05, 3.63) is 63.8 Å². The zero-order chi connectivity index (χ0) is 19.3. The molecule has 0 aliphatic heterocycles. The van der Waals surface area contributed by atoms with Crippen molar-refractivity contribution in [2.24, 2.45) is 0 Å². The Bertz CT molecular complexity index is 1360. The third-order valence-electron chi connectivity index (χ3n) is 4.11. The Morgan fingerprint density at radius 1 is 1.18 bits per heavy atom. The second-order valence-electron chi connectivity index (χ2n) is 5.86. The molecule has 10 heteroatoms. The summed E-state index contributed by atoms with van der Waals surface area (Å²) in [6, 6.07) is 10.2. The van der Waals surface area contributed by atoms with Crippen LogP contribution in [0.15, 0.2) is 52.6 Å². The van der Waals surface area contributed by atoms with E-state index < -0.39 is 0 Å². The zero-order valence-electron chi connectivity index (χ0n) is 13.9. The van der Waals surface area contributed by atoms with Gasteiger partial charge in [-0.1, -0.05) is 23.2 Å². The number of benzene rings is 2. The Labute approximate surface area is 171 Å². The van der Waals surface area contributed by atoms with E-state index in [-0.39, 0.29) is 11.9 Å². The molecule has 0 atom stereocenters. The van der Waals surface area contributed by atoms with Crippen LogP contribution in [-0.2, 0) is 0 Å². The van der Waals surface area contributed by atoms with Gasteiger partial charge in [0.1, 0.15) is 5.52 Å². The number of thiazole rings is 1. The SMILES string of the molecule is O=C(Nc1nc2scc(-c3ccc(Cl)cc3Cl)n2n1)c1ccc2ocnc2c1. The second kappa shape index (κ2) is 6.59. The third kappa shape index (κ3) is 2.91. The van der Waals surface area contributed by atoms with Crippen LogP contribution in [0, 0.1) is 0 Å². The fourth-order valence-corrected chi connectivity index (χ4v) is 4.12. The molecule has 7 nitrogen and oxygen atoms in total. The molecule has 0 unspecified atom stereocenters. The molecule has 1 N–H and O–H groups in total. The van der Waals surface area contributed by atoms with Crippen molar-refractivity contribution in [3.8, 4) is 11.3 Å². The van der Waals surface area contributed by atoms with Crippen LogP contribution < -0.4 is 5.32 Å². The van der Waals surface area contributed by atoms with Gasteiger partial charge in [0.05, 0.1) is 10.7 Å². The number of carbonyl (C=O) groups excluding carboxylic acids is 1. The number of hydrogen-bond acceptors (Lipinski definition) is 6. The summed E-state index contributed by atoms with van der Waals surface area (Å²) in [7, 11) is 0. The monoisotopic (exact) mass is 429 g/mol. The molecule has 3 heterocycles. The molecule has 0 fully saturated rings. The number of anilines is 1. The van der Waals surface area contributed by atoms with E-state index in [1.54, 1.807) is 34.8 Å². The standard InChI is InChI=1S/C18H9Cl2N5O2S/c19-10-2-3-11(12(20)6-10)14-7-28-18-23-17(24-25(14)18)22-16(26)9-1-4-15-13(5-9)21-8-27-15/h1-8H,(H,22,24,26). The van der Waals surface area contributed by atoms with Gasteiger partial charge in [-0.25, -0.2) is 9.50 Å². The van der Waals surface area contributed by atoms with E-state index in [1.807, 2.05) is 11.4 Å². The largest absolute Gasteiger partial charge is 0.443 e. The smallest absolute Gasteiger partial charge is 0.258 e. The van der Waals surface area contributed by atoms with Crippen molar-refractivity contribution in [1.29, 1.82) is 0 Å². The van der Waals surface area contributed by atoms with Crippen molar-refractivity contribution in [2.45, 2.75) is 0 Å². The number of amides is 1. The molecule has 0 aliphatic rings. The summed E-state index contributed by atoms with van der Waals surface area (Å²) >= 11 is 13.7. The molecule has 1 amide bonds. The van der Waals surface area contributed by atoms with Crippen LogP contribution in [-0.4, -0.2) is 25.5 Å². The number of halogens is 2. The molecule has 138 valence electrons. The van der Waals surface area contributed by atoms with Gasteiger partial charge in [0, 0.05) is 21.5 Å². The van der Waals surface area contributed by atoms with Crippen LogP contribution in [0.5, 0.6) is 0 Å². The molecular weight excluding hydrogens is 421 g/mol. The summed E-state index contributed by atoms with van der Waals surface area (Å²) in [6.07, 6.45) is 1.33. The van der Waals surface area contributed by atoms with E-state index >= 15 is 0 Å². The number of nitrogens with one attached hydrogen (secondary N) is 1. The van der Waals surface area contributed by atoms with Crippen molar-refractivity contribution in [3.63, 3.8) is 0 Å². The van der Waals surface area contributed by atoms with E-state index in [4.69, 9.17) is 27.6 Å². The molecule has 0 aliphatic carbocycles. The minimum Gasteiger partial charge on any atom is -0.443 e. The molecule has 0 bridgehead atoms. The molecule has 2 aromatic carbocycles. The number of hydrogen-bond donors (Lipinski definition) is 1. The maximum absolute atomic E-state index is 12.5. The minimum atomic E-state index is -0.339. The number of aromatic nitrogens is 4. The molecule has 0 saturated heterocycles. The van der Waals surface area contributed by atoms with Crippen molar-refractivity contribution < 1.29 is 9.21 Å². The van der Waals surface area contributed by atoms with Crippen molar-refractivity contribution >= 4 is 62.5 Å². The van der Waals surface area contributed by atoms with Crippen LogP contribution >= 0.6 is 34.5 Å². The molecule has 0 saturated carbocycles. The van der Waals surface area contributed by atoms with E-state index in [0.717, 1.165) is 11.3 Å². The lowest BCUT2D eigenvalue weighted by molar-refractivity contribution is 0.102. The number of rotatable bonds is 3. The van der Waals surface area contributed by atoms with Crippen LogP contribution in [0.4, 0.5) is 5.95 Å². The van der Waals surface area contributed by atoms with E-state index in [2.05, 4.69) is 20.4 Å². The average molecular weight is 430 g/mol. The number of carbonyl (C=O) groups is 1. The zero-order valence-corrected chi connectivity index (χ0v) is 16.2. The van der Waals surface area contributed by atoms with Gasteiger partial charge in [-0.05, 0) is 36.4 Å². The highest BCUT2D eigenvalue weighted by Crippen LogP contribution is 2.33. The highest BCUT2D eigenvalue weighted by atomic mass is 35.5. The Kier molecular flexibility index (Phi) is 4.04. The van der Waals surface area contributed by atoms with Gasteiger partial charge in [0.25, 0.3) is 11.9 Å². The van der Waals surface area contributed by atoms with Crippen LogP contribution in [0.2, 0.25) is 10.0 Å². The molecule has 28 heavy (non-hydrogen) atoms. The Hall–Kier alpha value is -2.94. The fraction of sp³-hybridized carbons (Fsp3) is 0. The first-order valence-electron chi connectivity index (χ1n) is 8.03. The summed E-state index contributed by atoms with van der Waals surface area (Å²) in [5.41, 5.74) is 3.18. The Morgan fingerprint density at radius 3 is 2.93 bits per heavy atom. The van der Waals surface area contributed by atoms with Gasteiger partial charge < -0.3 is 4.42 Å². The van der Waals surface area contributed by atoms with Gasteiger partial charge in [-0.15, -0.1) is 16.4 Å². The molecule has 5 aromatic rings. The van der Waals surface area contributed by atoms with Gasteiger partial charge in [-0.2, -0.15) is 4.98 Å². The first kappa shape index (κ1) is 17.2. The van der Waals surface area contributed by atoms with Crippen LogP contribution in [0.25, 0.3) is 27.3 Å². The number of nitrogens with zero attached hydrogens (tertiary/aromatic N) is 4. The number of oxazole rings is 1. The second-order valence-corrected chi connectivity index (χ2v) is 7.54. The summed E-state index contributed by atoms with van der Waals surface area (Å²) in [5.74, 6) is -0.141. The lowest BCUT2D eigenvalue weighted by Crippen LogP contribution is -2.13. The van der Waals surface area contributed by atoms with Crippen molar-refractivity contribution in [1.82, 2.24) is 19.6 Å². The van der Waals surface area contributed by atoms with E-state index in [1.165, 1.54) is 17.7 Å². The Balaban J connectivity index is 1.47. The summed E-state index contributed by atoms with van der Waals surface area (Å²) in [5, 5.41) is 10.1. The predicted molar refractivity (Wildman–Crippen MR) is 108 cm³/mol. The first-order valence-corrected chi connectivity index (χ1v) is 9.66. The quantitative estimate of drug-likeness (QED) is 0.428. The topological polar surface area (TPSA) is 85.3 Å².